The molecule has 33 heavy (non-hydrogen) atoms. The highest BCUT2D eigenvalue weighted by Gasteiger charge is 2.30. The van der Waals surface area contributed by atoms with Crippen LogP contribution < -0.4 is 0 Å². The molecule has 1 amide bonds. The van der Waals surface area contributed by atoms with Gasteiger partial charge in [0.25, 0.3) is 0 Å². The molecule has 1 atom stereocenters. The van der Waals surface area contributed by atoms with Gasteiger partial charge < -0.3 is 10.0 Å². The molecule has 0 aliphatic carbocycles. The van der Waals surface area contributed by atoms with Crippen molar-refractivity contribution in [2.24, 2.45) is 5.92 Å². The summed E-state index contributed by atoms with van der Waals surface area (Å²) < 4.78 is 0. The molecule has 6 heteroatoms. The van der Waals surface area contributed by atoms with Crippen LogP contribution in [-0.2, 0) is 17.8 Å². The van der Waals surface area contributed by atoms with Gasteiger partial charge >= 0.3 is 5.97 Å². The number of aromatic carboxylic acids is 1. The van der Waals surface area contributed by atoms with Gasteiger partial charge in [-0.2, -0.15) is 0 Å². The summed E-state index contributed by atoms with van der Waals surface area (Å²) in [5, 5.41) is 9.57. The second kappa shape index (κ2) is 10.4. The summed E-state index contributed by atoms with van der Waals surface area (Å²) in [6, 6.07) is 19.2. The standard InChI is InChI=1S/C27H29N3O3/c1-2-30-15-14-29(18-22-9-4-6-12-25(22)27(32)33)19-23(26(30)31)16-20-8-3-5-11-24(20)21-10-7-13-28-17-21/h3-13,17,23H,2,14-16,18-19H2,1H3,(H,32,33). The predicted molar refractivity (Wildman–Crippen MR) is 128 cm³/mol. The zero-order chi connectivity index (χ0) is 23.2. The maximum Gasteiger partial charge on any atom is 0.336 e. The minimum atomic E-state index is -0.923. The summed E-state index contributed by atoms with van der Waals surface area (Å²) in [7, 11) is 0. The minimum absolute atomic E-state index is 0.160. The number of carbonyl (C=O) groups is 2. The van der Waals surface area contributed by atoms with Crippen molar-refractivity contribution in [2.45, 2.75) is 19.9 Å². The van der Waals surface area contributed by atoms with E-state index in [2.05, 4.69) is 22.0 Å². The lowest BCUT2D eigenvalue weighted by atomic mass is 9.91. The average Bonchev–Trinajstić information content (AvgIpc) is 2.98. The number of amides is 1. The van der Waals surface area contributed by atoms with Crippen LogP contribution >= 0.6 is 0 Å². The summed E-state index contributed by atoms with van der Waals surface area (Å²) in [6.07, 6.45) is 4.23. The number of carbonyl (C=O) groups excluding carboxylic acids is 1. The molecule has 0 bridgehead atoms. The highest BCUT2D eigenvalue weighted by atomic mass is 16.4. The van der Waals surface area contributed by atoms with E-state index in [1.807, 2.05) is 54.4 Å². The van der Waals surface area contributed by atoms with Crippen LogP contribution in [0.4, 0.5) is 0 Å². The molecule has 1 N–H and O–H groups in total. The largest absolute Gasteiger partial charge is 0.478 e. The highest BCUT2D eigenvalue weighted by Crippen LogP contribution is 2.27. The van der Waals surface area contributed by atoms with Crippen molar-refractivity contribution >= 4 is 11.9 Å². The number of carboxylic acids is 1. The molecule has 1 aliphatic rings. The molecule has 1 unspecified atom stereocenters. The van der Waals surface area contributed by atoms with Gasteiger partial charge in [0.1, 0.15) is 0 Å². The molecule has 2 heterocycles. The molecule has 0 radical (unpaired) electrons. The van der Waals surface area contributed by atoms with Crippen LogP contribution in [0.2, 0.25) is 0 Å². The highest BCUT2D eigenvalue weighted by molar-refractivity contribution is 5.89. The Morgan fingerprint density at radius 2 is 1.79 bits per heavy atom. The minimum Gasteiger partial charge on any atom is -0.478 e. The molecular weight excluding hydrogens is 414 g/mol. The van der Waals surface area contributed by atoms with Gasteiger partial charge in [-0.1, -0.05) is 48.5 Å². The van der Waals surface area contributed by atoms with Gasteiger partial charge in [0.2, 0.25) is 5.91 Å². The van der Waals surface area contributed by atoms with E-state index in [0.29, 0.717) is 44.7 Å². The molecule has 1 saturated heterocycles. The van der Waals surface area contributed by atoms with Crippen molar-refractivity contribution in [3.8, 4) is 11.1 Å². The van der Waals surface area contributed by atoms with Crippen LogP contribution in [0.3, 0.4) is 0 Å². The number of aromatic nitrogens is 1. The van der Waals surface area contributed by atoms with Crippen LogP contribution in [0.25, 0.3) is 11.1 Å². The number of rotatable bonds is 7. The number of hydrogen-bond acceptors (Lipinski definition) is 4. The molecule has 1 fully saturated rings. The summed E-state index contributed by atoms with van der Waals surface area (Å²) in [6.45, 7) is 5.13. The van der Waals surface area contributed by atoms with Gasteiger partial charge in [-0.3, -0.25) is 14.7 Å². The molecule has 1 aromatic heterocycles. The number of nitrogens with zero attached hydrogens (tertiary/aromatic N) is 3. The Balaban J connectivity index is 1.61. The molecule has 6 nitrogen and oxygen atoms in total. The fourth-order valence-corrected chi connectivity index (χ4v) is 4.60. The van der Waals surface area contributed by atoms with Gasteiger partial charge in [-0.25, -0.2) is 4.79 Å². The lowest BCUT2D eigenvalue weighted by molar-refractivity contribution is -0.134. The Labute approximate surface area is 194 Å². The van der Waals surface area contributed by atoms with Crippen LogP contribution in [0, 0.1) is 5.92 Å². The van der Waals surface area contributed by atoms with Crippen LogP contribution in [-0.4, -0.2) is 57.9 Å². The second-order valence-electron chi connectivity index (χ2n) is 8.42. The Morgan fingerprint density at radius 3 is 2.52 bits per heavy atom. The Morgan fingerprint density at radius 1 is 1.03 bits per heavy atom. The van der Waals surface area contributed by atoms with Gasteiger partial charge in [0.05, 0.1) is 11.5 Å². The van der Waals surface area contributed by atoms with E-state index in [-0.39, 0.29) is 11.8 Å². The maximum absolute atomic E-state index is 13.4. The Bertz CT molecular complexity index is 1120. The molecule has 2 aromatic carbocycles. The summed E-state index contributed by atoms with van der Waals surface area (Å²) in [4.78, 5) is 33.5. The van der Waals surface area contributed by atoms with Crippen molar-refractivity contribution in [3.05, 3.63) is 89.7 Å². The average molecular weight is 444 g/mol. The smallest absolute Gasteiger partial charge is 0.336 e. The zero-order valence-corrected chi connectivity index (χ0v) is 18.9. The first-order valence-corrected chi connectivity index (χ1v) is 11.4. The van der Waals surface area contributed by atoms with Gasteiger partial charge in [-0.15, -0.1) is 0 Å². The number of carboxylic acid groups (broad SMARTS) is 1. The van der Waals surface area contributed by atoms with Crippen molar-refractivity contribution < 1.29 is 14.7 Å². The Kier molecular flexibility index (Phi) is 7.15. The predicted octanol–water partition coefficient (Wildman–Crippen LogP) is 3.97. The van der Waals surface area contributed by atoms with Gasteiger partial charge in [0.15, 0.2) is 0 Å². The van der Waals surface area contributed by atoms with E-state index in [1.54, 1.807) is 18.3 Å². The molecule has 3 aromatic rings. The summed E-state index contributed by atoms with van der Waals surface area (Å²) in [5.74, 6) is -0.969. The van der Waals surface area contributed by atoms with E-state index in [9.17, 15) is 14.7 Å². The molecular formula is C27H29N3O3. The summed E-state index contributed by atoms with van der Waals surface area (Å²) in [5.41, 5.74) is 4.34. The fraction of sp³-hybridized carbons (Fsp3) is 0.296. The van der Waals surface area contributed by atoms with Crippen molar-refractivity contribution in [1.82, 2.24) is 14.8 Å². The van der Waals surface area contributed by atoms with Crippen molar-refractivity contribution in [3.63, 3.8) is 0 Å². The van der Waals surface area contributed by atoms with E-state index in [4.69, 9.17) is 0 Å². The molecule has 1 aliphatic heterocycles. The number of benzene rings is 2. The van der Waals surface area contributed by atoms with Crippen LogP contribution in [0.1, 0.15) is 28.4 Å². The maximum atomic E-state index is 13.4. The molecule has 0 saturated carbocycles. The van der Waals surface area contributed by atoms with Gasteiger partial charge in [-0.05, 0) is 42.2 Å². The van der Waals surface area contributed by atoms with E-state index >= 15 is 0 Å². The molecule has 170 valence electrons. The van der Waals surface area contributed by atoms with Crippen LogP contribution in [0.15, 0.2) is 73.1 Å². The third-order valence-electron chi connectivity index (χ3n) is 6.31. The molecule has 0 spiro atoms. The Hall–Kier alpha value is -3.51. The van der Waals surface area contributed by atoms with Gasteiger partial charge in [0, 0.05) is 50.7 Å². The first-order chi connectivity index (χ1) is 16.1. The SMILES string of the molecule is CCN1CCN(Cc2ccccc2C(=O)O)CC(Cc2ccccc2-c2cccnc2)C1=O. The number of likely N-dealkylation sites (N-methyl/N-ethyl adjacent to an activating group) is 1. The third kappa shape index (κ3) is 5.29. The quantitative estimate of drug-likeness (QED) is 0.598. The second-order valence-corrected chi connectivity index (χ2v) is 8.42. The first kappa shape index (κ1) is 22.7. The zero-order valence-electron chi connectivity index (χ0n) is 18.9. The van der Waals surface area contributed by atoms with E-state index in [0.717, 1.165) is 22.3 Å². The third-order valence-corrected chi connectivity index (χ3v) is 6.31. The number of hydrogen-bond donors (Lipinski definition) is 1. The normalized spacial score (nSPS) is 17.1. The fourth-order valence-electron chi connectivity index (χ4n) is 4.60. The monoisotopic (exact) mass is 443 g/mol. The topological polar surface area (TPSA) is 73.7 Å². The van der Waals surface area contributed by atoms with Crippen molar-refractivity contribution in [1.29, 1.82) is 0 Å². The number of pyridine rings is 1. The molecule has 4 rings (SSSR count). The lowest BCUT2D eigenvalue weighted by Crippen LogP contribution is -2.37. The first-order valence-electron chi connectivity index (χ1n) is 11.4. The van der Waals surface area contributed by atoms with E-state index < -0.39 is 5.97 Å². The van der Waals surface area contributed by atoms with Crippen molar-refractivity contribution in [2.75, 3.05) is 26.2 Å². The van der Waals surface area contributed by atoms with E-state index in [1.165, 1.54) is 0 Å². The van der Waals surface area contributed by atoms with Crippen LogP contribution in [0.5, 0.6) is 0 Å². The summed E-state index contributed by atoms with van der Waals surface area (Å²) >= 11 is 0. The lowest BCUT2D eigenvalue weighted by Gasteiger charge is -2.24.